The number of carbonyl (C=O) groups excluding carboxylic acids is 8. The maximum absolute atomic E-state index is 13.5. The first kappa shape index (κ1) is 84.4. The number of nitrogens with zero attached hydrogens (tertiary/aromatic N) is 2. The minimum atomic E-state index is -1.12. The third-order valence-electron chi connectivity index (χ3n) is 15.3. The topological polar surface area (TPSA) is 222 Å². The lowest BCUT2D eigenvalue weighted by atomic mass is 10.1. The lowest BCUT2D eigenvalue weighted by Gasteiger charge is -2.21. The van der Waals surface area contributed by atoms with Gasteiger partial charge in [0.05, 0.1) is 25.9 Å². The third-order valence-corrected chi connectivity index (χ3v) is 17.7. The molecule has 2 rings (SSSR count). The molecule has 0 saturated carbocycles. The Balaban J connectivity index is 1.79. The Hall–Kier alpha value is -5.70. The van der Waals surface area contributed by atoms with Gasteiger partial charge in [-0.15, -0.1) is 0 Å². The minimum Gasteiger partial charge on any atom is -0.462 e. The molecule has 0 spiro atoms. The van der Waals surface area contributed by atoms with E-state index in [1.807, 2.05) is 23.6 Å². The fourth-order valence-electron chi connectivity index (χ4n) is 10.1. The molecule has 0 saturated heterocycles. The van der Waals surface area contributed by atoms with E-state index in [9.17, 15) is 38.4 Å². The summed E-state index contributed by atoms with van der Waals surface area (Å²) >= 11 is 0. The van der Waals surface area contributed by atoms with Gasteiger partial charge in [0.25, 0.3) is 0 Å². The van der Waals surface area contributed by atoms with Gasteiger partial charge in [-0.05, 0) is 140 Å². The smallest absolute Gasteiger partial charge is 0.329 e. The van der Waals surface area contributed by atoms with Gasteiger partial charge in [-0.25, -0.2) is 9.59 Å². The van der Waals surface area contributed by atoms with Gasteiger partial charge in [-0.3, -0.25) is 38.6 Å². The van der Waals surface area contributed by atoms with E-state index in [-0.39, 0.29) is 75.8 Å². The second-order valence-corrected chi connectivity index (χ2v) is 26.9. The van der Waals surface area contributed by atoms with Crippen LogP contribution >= 0.6 is 21.6 Å². The number of nitrogens with one attached hydrogen (secondary N) is 2. The monoisotopic (exact) mass is 1350 g/mol. The van der Waals surface area contributed by atoms with Crippen molar-refractivity contribution in [2.45, 2.75) is 245 Å². The van der Waals surface area contributed by atoms with Crippen molar-refractivity contribution in [3.63, 3.8) is 0 Å². The molecule has 530 valence electrons. The maximum atomic E-state index is 13.5. The summed E-state index contributed by atoms with van der Waals surface area (Å²) in [4.78, 5) is 107. The number of carbonyl (C=O) groups is 8. The number of ether oxygens (including phenoxy) is 6. The molecule has 0 aliphatic heterocycles. The fourth-order valence-corrected chi connectivity index (χ4v) is 12.4. The van der Waals surface area contributed by atoms with Crippen LogP contribution < -0.4 is 20.1 Å². The molecular formula is C74H118N4O14S2. The molecule has 2 N–H and O–H groups in total. The number of rotatable bonds is 59. The number of benzene rings is 2. The third kappa shape index (κ3) is 47.2. The summed E-state index contributed by atoms with van der Waals surface area (Å²) in [6.45, 7) is 8.80. The van der Waals surface area contributed by atoms with Crippen LogP contribution in [-0.4, -0.2) is 148 Å². The van der Waals surface area contributed by atoms with Crippen LogP contribution in [0.1, 0.15) is 231 Å². The van der Waals surface area contributed by atoms with Crippen molar-refractivity contribution < 1.29 is 66.8 Å². The molecule has 0 bridgehead atoms. The van der Waals surface area contributed by atoms with Crippen molar-refractivity contribution in [1.29, 1.82) is 0 Å². The van der Waals surface area contributed by atoms with Gasteiger partial charge < -0.3 is 39.1 Å². The SMILES string of the molecule is CCCCCCCC/C=C\CCCCCCCC(=O)Oc1ccc(CC(=O)OCCOC(=O)C(CSSCC(NC(=O)CN(C)CCC)C(=O)OCCOC(=O)Cc2ccc(OC(=O)CCCCCCC/C=C\CCCCCCCC)cc2)NC(=O)CN(C)CCC)cc1. The largest absolute Gasteiger partial charge is 0.462 e. The van der Waals surface area contributed by atoms with E-state index in [4.69, 9.17) is 28.4 Å². The van der Waals surface area contributed by atoms with E-state index in [1.54, 1.807) is 62.6 Å². The zero-order chi connectivity index (χ0) is 68.5. The summed E-state index contributed by atoms with van der Waals surface area (Å²) in [6.07, 6.45) is 42.1. The van der Waals surface area contributed by atoms with E-state index in [1.165, 1.54) is 111 Å². The number of esters is 6. The standard InChI is InChI=1S/C74H118N4O14S2/c1-7-11-13-15-17-19-21-23-25-27-29-31-33-35-37-39-69(81)91-63-45-41-61(42-46-63)55-71(83)87-51-53-89-73(85)65(75-67(79)57-77(5)49-9-3)59-93-94-60-66(76-68(80)58-78(6)50-10-4)74(86)90-54-52-88-72(84)56-62-43-47-64(48-44-62)92-70(82)40-38-36-34-32-30-28-26-24-22-20-18-16-14-12-8-2/h23-26,41-48,65-66H,7-22,27-40,49-60H2,1-6H3,(H,75,79)(H,76,80)/b25-23-,26-24-. The Morgan fingerprint density at radius 1 is 0.394 bits per heavy atom. The van der Waals surface area contributed by atoms with Gasteiger partial charge in [0.1, 0.15) is 50.0 Å². The van der Waals surface area contributed by atoms with Crippen LogP contribution in [0.3, 0.4) is 0 Å². The summed E-state index contributed by atoms with van der Waals surface area (Å²) in [5.74, 6) is -3.22. The molecule has 0 aromatic heterocycles. The van der Waals surface area contributed by atoms with Gasteiger partial charge in [-0.1, -0.05) is 201 Å². The molecular weight excluding hydrogens is 1230 g/mol. The number of likely N-dealkylation sites (N-methyl/N-ethyl adjacent to an activating group) is 2. The average Bonchev–Trinajstić information content (AvgIpc) is 1.34. The molecule has 0 radical (unpaired) electrons. The first-order valence-corrected chi connectivity index (χ1v) is 37.9. The highest BCUT2D eigenvalue weighted by Gasteiger charge is 2.27. The molecule has 0 aliphatic rings. The lowest BCUT2D eigenvalue weighted by molar-refractivity contribution is -0.153. The molecule has 18 nitrogen and oxygen atoms in total. The first-order valence-electron chi connectivity index (χ1n) is 35.4. The molecule has 0 heterocycles. The molecule has 2 aromatic carbocycles. The van der Waals surface area contributed by atoms with Crippen molar-refractivity contribution in [3.05, 3.63) is 84.0 Å². The van der Waals surface area contributed by atoms with Gasteiger partial charge in [0, 0.05) is 24.3 Å². The second-order valence-electron chi connectivity index (χ2n) is 24.3. The van der Waals surface area contributed by atoms with Crippen LogP contribution in [0.25, 0.3) is 0 Å². The molecule has 2 atom stereocenters. The summed E-state index contributed by atoms with van der Waals surface area (Å²) in [5.41, 5.74) is 1.28. The van der Waals surface area contributed by atoms with E-state index >= 15 is 0 Å². The van der Waals surface area contributed by atoms with Crippen LogP contribution in [-0.2, 0) is 70.1 Å². The number of amides is 2. The molecule has 2 amide bonds. The zero-order valence-electron chi connectivity index (χ0n) is 58.2. The Morgan fingerprint density at radius 3 is 1.03 bits per heavy atom. The van der Waals surface area contributed by atoms with Crippen molar-refractivity contribution in [2.75, 3.05) is 78.2 Å². The summed E-state index contributed by atoms with van der Waals surface area (Å²) in [6, 6.07) is 11.0. The van der Waals surface area contributed by atoms with Crippen molar-refractivity contribution in [3.8, 4) is 11.5 Å². The molecule has 2 unspecified atom stereocenters. The molecule has 0 fully saturated rings. The normalized spacial score (nSPS) is 12.0. The van der Waals surface area contributed by atoms with Crippen molar-refractivity contribution >= 4 is 69.2 Å². The van der Waals surface area contributed by atoms with Crippen molar-refractivity contribution in [2.24, 2.45) is 0 Å². The quantitative estimate of drug-likeness (QED) is 0.0157. The highest BCUT2D eigenvalue weighted by molar-refractivity contribution is 8.76. The predicted molar refractivity (Wildman–Crippen MR) is 379 cm³/mol. The van der Waals surface area contributed by atoms with E-state index in [0.29, 0.717) is 48.6 Å². The summed E-state index contributed by atoms with van der Waals surface area (Å²) < 4.78 is 32.7. The van der Waals surface area contributed by atoms with E-state index in [2.05, 4.69) is 48.8 Å². The fraction of sp³-hybridized carbons (Fsp3) is 0.676. The maximum Gasteiger partial charge on any atom is 0.329 e. The number of unbranched alkanes of at least 4 members (excludes halogenated alkanes) is 22. The highest BCUT2D eigenvalue weighted by Crippen LogP contribution is 2.25. The van der Waals surface area contributed by atoms with Gasteiger partial charge in [0.15, 0.2) is 0 Å². The van der Waals surface area contributed by atoms with E-state index in [0.717, 1.165) is 89.9 Å². The average molecular weight is 1350 g/mol. The Bertz CT molecular complexity index is 2260. The number of hydrogen-bond acceptors (Lipinski definition) is 18. The second kappa shape index (κ2) is 57.5. The Labute approximate surface area is 572 Å². The molecule has 94 heavy (non-hydrogen) atoms. The molecule has 2 aromatic rings. The first-order chi connectivity index (χ1) is 45.6. The Kier molecular flexibility index (Phi) is 51.7. The van der Waals surface area contributed by atoms with Gasteiger partial charge in [0.2, 0.25) is 11.8 Å². The van der Waals surface area contributed by atoms with Crippen LogP contribution in [0.15, 0.2) is 72.8 Å². The number of hydrogen-bond donors (Lipinski definition) is 2. The number of allylic oxidation sites excluding steroid dienone is 4. The van der Waals surface area contributed by atoms with Crippen molar-refractivity contribution in [1.82, 2.24) is 20.4 Å². The Morgan fingerprint density at radius 2 is 0.702 bits per heavy atom. The highest BCUT2D eigenvalue weighted by atomic mass is 33.1. The van der Waals surface area contributed by atoms with Crippen LogP contribution in [0.2, 0.25) is 0 Å². The summed E-state index contributed by atoms with van der Waals surface area (Å²) in [7, 11) is 5.92. The van der Waals surface area contributed by atoms with E-state index < -0.39 is 47.8 Å². The van der Waals surface area contributed by atoms with Crippen LogP contribution in [0, 0.1) is 0 Å². The van der Waals surface area contributed by atoms with Gasteiger partial charge >= 0.3 is 35.8 Å². The molecule has 20 heteroatoms. The zero-order valence-corrected chi connectivity index (χ0v) is 59.8. The van der Waals surface area contributed by atoms with Gasteiger partial charge in [-0.2, -0.15) is 0 Å². The lowest BCUT2D eigenvalue weighted by Crippen LogP contribution is -2.47. The minimum absolute atomic E-state index is 0.0203. The summed E-state index contributed by atoms with van der Waals surface area (Å²) in [5, 5.41) is 5.49. The van der Waals surface area contributed by atoms with Crippen LogP contribution in [0.5, 0.6) is 11.5 Å². The predicted octanol–water partition coefficient (Wildman–Crippen LogP) is 14.6. The van der Waals surface area contributed by atoms with Crippen LogP contribution in [0.4, 0.5) is 0 Å². The molecule has 0 aliphatic carbocycles.